The lowest BCUT2D eigenvalue weighted by Crippen LogP contribution is -2.39. The van der Waals surface area contributed by atoms with Gasteiger partial charge in [0.15, 0.2) is 0 Å². The van der Waals surface area contributed by atoms with Crippen LogP contribution in [0.15, 0.2) is 49.1 Å². The Bertz CT molecular complexity index is 491. The van der Waals surface area contributed by atoms with Crippen LogP contribution in [0.3, 0.4) is 0 Å². The van der Waals surface area contributed by atoms with E-state index in [1.54, 1.807) is 28.2 Å². The van der Waals surface area contributed by atoms with E-state index in [1.807, 2.05) is 44.2 Å². The van der Waals surface area contributed by atoms with E-state index in [0.717, 1.165) is 5.69 Å². The molecule has 2 aromatic rings. The molecule has 0 aliphatic heterocycles. The van der Waals surface area contributed by atoms with E-state index < -0.39 is 0 Å². The van der Waals surface area contributed by atoms with Crippen LogP contribution >= 0.6 is 0 Å². The Kier molecular flexibility index (Phi) is 3.77. The van der Waals surface area contributed by atoms with Crippen LogP contribution in [0, 0.1) is 0 Å². The molecule has 0 aliphatic carbocycles. The van der Waals surface area contributed by atoms with Crippen LogP contribution in [0.1, 0.15) is 13.8 Å². The van der Waals surface area contributed by atoms with Gasteiger partial charge in [0.1, 0.15) is 6.54 Å². The van der Waals surface area contributed by atoms with Gasteiger partial charge in [0.2, 0.25) is 5.91 Å². The summed E-state index contributed by atoms with van der Waals surface area (Å²) in [6.45, 7) is 4.34. The fourth-order valence-electron chi connectivity index (χ4n) is 1.93. The van der Waals surface area contributed by atoms with Gasteiger partial charge in [-0.2, -0.15) is 0 Å². The summed E-state index contributed by atoms with van der Waals surface area (Å²) in [6, 6.07) is 9.85. The molecule has 0 saturated carbocycles. The zero-order valence-electron chi connectivity index (χ0n) is 10.7. The summed E-state index contributed by atoms with van der Waals surface area (Å²) in [5, 5.41) is 0. The third-order valence-corrected chi connectivity index (χ3v) is 2.70. The topological polar surface area (TPSA) is 38.1 Å². The first-order valence-electron chi connectivity index (χ1n) is 6.01. The van der Waals surface area contributed by atoms with Crippen molar-refractivity contribution in [1.82, 2.24) is 9.55 Å². The van der Waals surface area contributed by atoms with Crippen molar-refractivity contribution in [1.29, 1.82) is 0 Å². The van der Waals surface area contributed by atoms with Gasteiger partial charge in [0.05, 0.1) is 6.33 Å². The van der Waals surface area contributed by atoms with Crippen LogP contribution in [0.25, 0.3) is 0 Å². The average molecular weight is 243 g/mol. The van der Waals surface area contributed by atoms with E-state index >= 15 is 0 Å². The summed E-state index contributed by atoms with van der Waals surface area (Å²) in [6.07, 6.45) is 5.12. The molecule has 1 aromatic heterocycles. The number of imidazole rings is 1. The summed E-state index contributed by atoms with van der Waals surface area (Å²) < 4.78 is 1.78. The van der Waals surface area contributed by atoms with Crippen LogP contribution in [0.4, 0.5) is 5.69 Å². The van der Waals surface area contributed by atoms with Crippen molar-refractivity contribution < 1.29 is 4.79 Å². The number of para-hydroxylation sites is 1. The zero-order chi connectivity index (χ0) is 13.0. The van der Waals surface area contributed by atoms with Crippen molar-refractivity contribution >= 4 is 11.6 Å². The predicted molar refractivity (Wildman–Crippen MR) is 71.3 cm³/mol. The smallest absolute Gasteiger partial charge is 0.247 e. The monoisotopic (exact) mass is 243 g/mol. The number of rotatable bonds is 4. The molecule has 94 valence electrons. The molecule has 0 bridgehead atoms. The molecule has 0 saturated heterocycles. The lowest BCUT2D eigenvalue weighted by Gasteiger charge is -2.27. The molecule has 0 N–H and O–H groups in total. The second-order valence-electron chi connectivity index (χ2n) is 4.43. The van der Waals surface area contributed by atoms with E-state index in [2.05, 4.69) is 4.98 Å². The van der Waals surface area contributed by atoms with Crippen LogP contribution in [0.5, 0.6) is 0 Å². The molecule has 1 heterocycles. The Morgan fingerprint density at radius 1 is 1.33 bits per heavy atom. The summed E-state index contributed by atoms with van der Waals surface area (Å²) in [5.74, 6) is 0.0641. The molecular formula is C14H17N3O. The molecule has 4 heteroatoms. The first kappa shape index (κ1) is 12.4. The fraction of sp³-hybridized carbons (Fsp3) is 0.286. The number of hydrogen-bond acceptors (Lipinski definition) is 2. The molecule has 1 amide bonds. The van der Waals surface area contributed by atoms with E-state index in [9.17, 15) is 4.79 Å². The van der Waals surface area contributed by atoms with E-state index in [1.165, 1.54) is 0 Å². The Labute approximate surface area is 107 Å². The van der Waals surface area contributed by atoms with Gasteiger partial charge < -0.3 is 9.47 Å². The Morgan fingerprint density at radius 3 is 2.61 bits per heavy atom. The standard InChI is InChI=1S/C14H17N3O/c1-12(2)17(13-6-4-3-5-7-13)14(18)10-16-9-8-15-11-16/h3-9,11-12H,10H2,1-2H3. The first-order valence-corrected chi connectivity index (χ1v) is 6.01. The molecule has 0 fully saturated rings. The van der Waals surface area contributed by atoms with Crippen LogP contribution in [-0.4, -0.2) is 21.5 Å². The number of benzene rings is 1. The van der Waals surface area contributed by atoms with Crippen molar-refractivity contribution in [2.24, 2.45) is 0 Å². The molecule has 0 spiro atoms. The molecule has 0 atom stereocenters. The average Bonchev–Trinajstić information content (AvgIpc) is 2.83. The van der Waals surface area contributed by atoms with Gasteiger partial charge in [0.25, 0.3) is 0 Å². The minimum absolute atomic E-state index is 0.0641. The maximum absolute atomic E-state index is 12.3. The van der Waals surface area contributed by atoms with Gasteiger partial charge in [-0.1, -0.05) is 18.2 Å². The number of nitrogens with zero attached hydrogens (tertiary/aromatic N) is 3. The normalized spacial score (nSPS) is 10.6. The molecule has 4 nitrogen and oxygen atoms in total. The molecule has 2 rings (SSSR count). The van der Waals surface area contributed by atoms with Gasteiger partial charge >= 0.3 is 0 Å². The largest absolute Gasteiger partial charge is 0.328 e. The van der Waals surface area contributed by atoms with Crippen LogP contribution in [-0.2, 0) is 11.3 Å². The van der Waals surface area contributed by atoms with Crippen molar-refractivity contribution in [3.8, 4) is 0 Å². The molecular weight excluding hydrogens is 226 g/mol. The van der Waals surface area contributed by atoms with Gasteiger partial charge in [0, 0.05) is 24.1 Å². The highest BCUT2D eigenvalue weighted by Crippen LogP contribution is 2.17. The number of hydrogen-bond donors (Lipinski definition) is 0. The highest BCUT2D eigenvalue weighted by Gasteiger charge is 2.18. The number of carbonyl (C=O) groups is 1. The minimum atomic E-state index is 0.0641. The third kappa shape index (κ3) is 2.77. The minimum Gasteiger partial charge on any atom is -0.328 e. The highest BCUT2D eigenvalue weighted by atomic mass is 16.2. The van der Waals surface area contributed by atoms with Gasteiger partial charge in [-0.3, -0.25) is 4.79 Å². The number of anilines is 1. The summed E-state index contributed by atoms with van der Waals surface area (Å²) >= 11 is 0. The second kappa shape index (κ2) is 5.49. The number of carbonyl (C=O) groups excluding carboxylic acids is 1. The van der Waals surface area contributed by atoms with E-state index in [0.29, 0.717) is 6.54 Å². The maximum Gasteiger partial charge on any atom is 0.247 e. The summed E-state index contributed by atoms with van der Waals surface area (Å²) in [4.78, 5) is 18.1. The lowest BCUT2D eigenvalue weighted by molar-refractivity contribution is -0.119. The second-order valence-corrected chi connectivity index (χ2v) is 4.43. The molecule has 0 radical (unpaired) electrons. The maximum atomic E-state index is 12.3. The Morgan fingerprint density at radius 2 is 2.06 bits per heavy atom. The Balaban J connectivity index is 2.18. The molecule has 0 aliphatic rings. The lowest BCUT2D eigenvalue weighted by atomic mass is 10.2. The molecule has 18 heavy (non-hydrogen) atoms. The third-order valence-electron chi connectivity index (χ3n) is 2.70. The SMILES string of the molecule is CC(C)N(C(=O)Cn1ccnc1)c1ccccc1. The summed E-state index contributed by atoms with van der Waals surface area (Å²) in [7, 11) is 0. The van der Waals surface area contributed by atoms with Crippen LogP contribution in [0.2, 0.25) is 0 Å². The van der Waals surface area contributed by atoms with Crippen molar-refractivity contribution in [2.75, 3.05) is 4.90 Å². The number of aromatic nitrogens is 2. The Hall–Kier alpha value is -2.10. The zero-order valence-corrected chi connectivity index (χ0v) is 10.7. The molecule has 0 unspecified atom stereocenters. The fourth-order valence-corrected chi connectivity index (χ4v) is 1.93. The first-order chi connectivity index (χ1) is 8.68. The number of amides is 1. The summed E-state index contributed by atoms with van der Waals surface area (Å²) in [5.41, 5.74) is 0.928. The van der Waals surface area contributed by atoms with Crippen molar-refractivity contribution in [2.45, 2.75) is 26.4 Å². The predicted octanol–water partition coefficient (Wildman–Crippen LogP) is 2.32. The van der Waals surface area contributed by atoms with Crippen LogP contribution < -0.4 is 4.90 Å². The van der Waals surface area contributed by atoms with Gasteiger partial charge in [-0.05, 0) is 26.0 Å². The molecule has 1 aromatic carbocycles. The van der Waals surface area contributed by atoms with Gasteiger partial charge in [-0.25, -0.2) is 4.98 Å². The van der Waals surface area contributed by atoms with E-state index in [-0.39, 0.29) is 11.9 Å². The quantitative estimate of drug-likeness (QED) is 0.826. The van der Waals surface area contributed by atoms with Crippen molar-refractivity contribution in [3.05, 3.63) is 49.1 Å². The van der Waals surface area contributed by atoms with Gasteiger partial charge in [-0.15, -0.1) is 0 Å². The van der Waals surface area contributed by atoms with E-state index in [4.69, 9.17) is 0 Å². The highest BCUT2D eigenvalue weighted by molar-refractivity contribution is 5.93. The van der Waals surface area contributed by atoms with Crippen molar-refractivity contribution in [3.63, 3.8) is 0 Å².